The Hall–Kier alpha value is -1.39. The molecule has 4 nitrogen and oxygen atoms in total. The number of piperazine rings is 1. The Labute approximate surface area is 127 Å². The molecule has 1 heterocycles. The number of hydrogen-bond acceptors (Lipinski definition) is 4. The van der Waals surface area contributed by atoms with Gasteiger partial charge in [0.25, 0.3) is 0 Å². The van der Waals surface area contributed by atoms with Crippen LogP contribution >= 0.6 is 0 Å². The molecule has 1 fully saturated rings. The molecule has 1 aliphatic heterocycles. The first-order chi connectivity index (χ1) is 10.2. The SMILES string of the molecule is CCCC[C@@H](c1ccc(OC(C)=O)cc1)N1CCNCC1. The van der Waals surface area contributed by atoms with E-state index in [2.05, 4.69) is 29.3 Å². The predicted octanol–water partition coefficient (Wildman–Crippen LogP) is 2.75. The van der Waals surface area contributed by atoms with Gasteiger partial charge in [-0.25, -0.2) is 0 Å². The van der Waals surface area contributed by atoms with Crippen LogP contribution in [0.15, 0.2) is 24.3 Å². The molecule has 0 unspecified atom stereocenters. The molecule has 21 heavy (non-hydrogen) atoms. The minimum Gasteiger partial charge on any atom is -0.427 e. The van der Waals surface area contributed by atoms with Crippen LogP contribution in [0.1, 0.15) is 44.7 Å². The van der Waals surface area contributed by atoms with Crippen LogP contribution in [0.2, 0.25) is 0 Å². The van der Waals surface area contributed by atoms with E-state index in [9.17, 15) is 4.79 Å². The lowest BCUT2D eigenvalue weighted by Crippen LogP contribution is -2.45. The summed E-state index contributed by atoms with van der Waals surface area (Å²) < 4.78 is 5.11. The van der Waals surface area contributed by atoms with Crippen LogP contribution in [0.25, 0.3) is 0 Å². The minimum absolute atomic E-state index is 0.271. The van der Waals surface area contributed by atoms with Gasteiger partial charge in [-0.3, -0.25) is 9.69 Å². The molecule has 0 aliphatic carbocycles. The third kappa shape index (κ3) is 4.83. The van der Waals surface area contributed by atoms with E-state index < -0.39 is 0 Å². The Morgan fingerprint density at radius 1 is 1.29 bits per heavy atom. The maximum absolute atomic E-state index is 11.0. The highest BCUT2D eigenvalue weighted by atomic mass is 16.5. The van der Waals surface area contributed by atoms with Crippen LogP contribution in [-0.4, -0.2) is 37.0 Å². The number of nitrogens with one attached hydrogen (secondary N) is 1. The van der Waals surface area contributed by atoms with Crippen molar-refractivity contribution in [3.63, 3.8) is 0 Å². The van der Waals surface area contributed by atoms with Gasteiger partial charge in [-0.2, -0.15) is 0 Å². The third-order valence-corrected chi connectivity index (χ3v) is 3.95. The molecule has 1 N–H and O–H groups in total. The molecule has 1 aliphatic rings. The number of hydrogen-bond donors (Lipinski definition) is 1. The second-order valence-corrected chi connectivity index (χ2v) is 5.61. The number of carbonyl (C=O) groups is 1. The van der Waals surface area contributed by atoms with Crippen LogP contribution < -0.4 is 10.1 Å². The van der Waals surface area contributed by atoms with Crippen molar-refractivity contribution >= 4 is 5.97 Å². The standard InChI is InChI=1S/C17H26N2O2/c1-3-4-5-17(19-12-10-18-11-13-19)15-6-8-16(9-7-15)21-14(2)20/h6-9,17-18H,3-5,10-13H2,1-2H3/t17-/m0/s1. The van der Waals surface area contributed by atoms with Crippen LogP contribution in [0.4, 0.5) is 0 Å². The number of ether oxygens (including phenoxy) is 1. The van der Waals surface area contributed by atoms with Crippen molar-refractivity contribution in [1.82, 2.24) is 10.2 Å². The second-order valence-electron chi connectivity index (χ2n) is 5.61. The molecule has 1 saturated heterocycles. The normalized spacial score (nSPS) is 17.4. The molecule has 0 aromatic heterocycles. The van der Waals surface area contributed by atoms with Crippen LogP contribution in [0.3, 0.4) is 0 Å². The van der Waals surface area contributed by atoms with Crippen molar-refractivity contribution in [2.24, 2.45) is 0 Å². The summed E-state index contributed by atoms with van der Waals surface area (Å²) in [4.78, 5) is 13.5. The fourth-order valence-corrected chi connectivity index (χ4v) is 2.88. The maximum Gasteiger partial charge on any atom is 0.308 e. The average molecular weight is 290 g/mol. The number of benzene rings is 1. The molecule has 2 rings (SSSR count). The summed E-state index contributed by atoms with van der Waals surface area (Å²) in [6.07, 6.45) is 3.64. The van der Waals surface area contributed by atoms with E-state index in [0.717, 1.165) is 26.2 Å². The molecule has 0 spiro atoms. The molecule has 1 aromatic carbocycles. The summed E-state index contributed by atoms with van der Waals surface area (Å²) in [5.74, 6) is 0.355. The first kappa shape index (κ1) is 16.0. The van der Waals surface area contributed by atoms with E-state index in [4.69, 9.17) is 4.74 Å². The van der Waals surface area contributed by atoms with Gasteiger partial charge in [0.2, 0.25) is 0 Å². The van der Waals surface area contributed by atoms with Gasteiger partial charge < -0.3 is 10.1 Å². The van der Waals surface area contributed by atoms with E-state index in [1.54, 1.807) is 0 Å². The van der Waals surface area contributed by atoms with Gasteiger partial charge in [0.05, 0.1) is 0 Å². The first-order valence-electron chi connectivity index (χ1n) is 7.94. The van der Waals surface area contributed by atoms with Gasteiger partial charge in [0.1, 0.15) is 5.75 Å². The highest BCUT2D eigenvalue weighted by Crippen LogP contribution is 2.28. The number of unbranched alkanes of at least 4 members (excludes halogenated alkanes) is 1. The van der Waals surface area contributed by atoms with Crippen molar-refractivity contribution in [3.05, 3.63) is 29.8 Å². The number of esters is 1. The number of rotatable bonds is 6. The molecule has 1 aromatic rings. The molecule has 0 amide bonds. The summed E-state index contributed by atoms with van der Waals surface area (Å²) in [7, 11) is 0. The van der Waals surface area contributed by atoms with Gasteiger partial charge in [0, 0.05) is 39.1 Å². The summed E-state index contributed by atoms with van der Waals surface area (Å²) in [5, 5.41) is 3.41. The zero-order valence-corrected chi connectivity index (χ0v) is 13.1. The summed E-state index contributed by atoms with van der Waals surface area (Å²) >= 11 is 0. The highest BCUT2D eigenvalue weighted by Gasteiger charge is 2.21. The minimum atomic E-state index is -0.271. The van der Waals surface area contributed by atoms with E-state index in [-0.39, 0.29) is 5.97 Å². The lowest BCUT2D eigenvalue weighted by molar-refractivity contribution is -0.131. The topological polar surface area (TPSA) is 41.6 Å². The Kier molecular flexibility index (Phi) is 6.21. The van der Waals surface area contributed by atoms with Gasteiger partial charge in [0.15, 0.2) is 0 Å². The largest absolute Gasteiger partial charge is 0.427 e. The Morgan fingerprint density at radius 2 is 1.95 bits per heavy atom. The van der Waals surface area contributed by atoms with Crippen molar-refractivity contribution in [2.75, 3.05) is 26.2 Å². The van der Waals surface area contributed by atoms with Crippen molar-refractivity contribution in [1.29, 1.82) is 0 Å². The summed E-state index contributed by atoms with van der Waals surface area (Å²) in [6.45, 7) is 7.99. The molecule has 0 saturated carbocycles. The number of nitrogens with zero attached hydrogens (tertiary/aromatic N) is 1. The predicted molar refractivity (Wildman–Crippen MR) is 84.5 cm³/mol. The van der Waals surface area contributed by atoms with Gasteiger partial charge in [-0.1, -0.05) is 31.9 Å². The molecule has 0 radical (unpaired) electrons. The fraction of sp³-hybridized carbons (Fsp3) is 0.588. The van der Waals surface area contributed by atoms with Gasteiger partial charge in [-0.05, 0) is 24.1 Å². The molecule has 116 valence electrons. The molecule has 0 bridgehead atoms. The average Bonchev–Trinajstić information content (AvgIpc) is 2.50. The van der Waals surface area contributed by atoms with Crippen molar-refractivity contribution < 1.29 is 9.53 Å². The second kappa shape index (κ2) is 8.15. The zero-order valence-electron chi connectivity index (χ0n) is 13.1. The molecule has 1 atom stereocenters. The monoisotopic (exact) mass is 290 g/mol. The quantitative estimate of drug-likeness (QED) is 0.646. The summed E-state index contributed by atoms with van der Waals surface area (Å²) in [5.41, 5.74) is 1.32. The Bertz CT molecular complexity index is 439. The van der Waals surface area contributed by atoms with E-state index in [1.165, 1.54) is 31.7 Å². The number of carbonyl (C=O) groups excluding carboxylic acids is 1. The Morgan fingerprint density at radius 3 is 2.52 bits per heavy atom. The lowest BCUT2D eigenvalue weighted by atomic mass is 9.98. The molecule has 4 heteroatoms. The van der Waals surface area contributed by atoms with Crippen molar-refractivity contribution in [3.8, 4) is 5.75 Å². The van der Waals surface area contributed by atoms with E-state index in [1.807, 2.05) is 12.1 Å². The summed E-state index contributed by atoms with van der Waals surface area (Å²) in [6, 6.07) is 8.47. The highest BCUT2D eigenvalue weighted by molar-refractivity contribution is 5.69. The molecular weight excluding hydrogens is 264 g/mol. The molecular formula is C17H26N2O2. The van der Waals surface area contributed by atoms with Crippen LogP contribution in [-0.2, 0) is 4.79 Å². The van der Waals surface area contributed by atoms with E-state index in [0.29, 0.717) is 11.8 Å². The van der Waals surface area contributed by atoms with Crippen LogP contribution in [0.5, 0.6) is 5.75 Å². The maximum atomic E-state index is 11.0. The van der Waals surface area contributed by atoms with Crippen molar-refractivity contribution in [2.45, 2.75) is 39.2 Å². The van der Waals surface area contributed by atoms with E-state index >= 15 is 0 Å². The third-order valence-electron chi connectivity index (χ3n) is 3.95. The zero-order chi connectivity index (χ0) is 15.1. The lowest BCUT2D eigenvalue weighted by Gasteiger charge is -2.35. The van der Waals surface area contributed by atoms with Crippen LogP contribution in [0, 0.1) is 0 Å². The smallest absolute Gasteiger partial charge is 0.308 e. The van der Waals surface area contributed by atoms with Gasteiger partial charge in [-0.15, -0.1) is 0 Å². The Balaban J connectivity index is 2.09. The fourth-order valence-electron chi connectivity index (χ4n) is 2.88. The first-order valence-corrected chi connectivity index (χ1v) is 7.94. The van der Waals surface area contributed by atoms with Gasteiger partial charge >= 0.3 is 5.97 Å².